The van der Waals surface area contributed by atoms with Crippen LogP contribution >= 0.6 is 23.2 Å². The highest BCUT2D eigenvalue weighted by molar-refractivity contribution is 6.35. The van der Waals surface area contributed by atoms with Gasteiger partial charge in [-0.15, -0.1) is 0 Å². The van der Waals surface area contributed by atoms with Crippen LogP contribution in [0.3, 0.4) is 0 Å². The number of anilines is 2. The number of hydrogen-bond donors (Lipinski definition) is 2. The van der Waals surface area contributed by atoms with E-state index in [9.17, 15) is 4.79 Å². The molecule has 0 aliphatic carbocycles. The molecular weight excluding hydrogens is 319 g/mol. The third-order valence-electron chi connectivity index (χ3n) is 3.25. The molecule has 0 saturated carbocycles. The summed E-state index contributed by atoms with van der Waals surface area (Å²) in [6.07, 6.45) is 1.36. The van der Waals surface area contributed by atoms with Crippen LogP contribution in [0.25, 0.3) is 0 Å². The number of carbonyl (C=O) groups excluding carboxylic acids is 1. The maximum Gasteiger partial charge on any atom is 0.226 e. The van der Waals surface area contributed by atoms with E-state index in [1.807, 2.05) is 12.1 Å². The van der Waals surface area contributed by atoms with Gasteiger partial charge in [-0.25, -0.2) is 0 Å². The molecule has 3 nitrogen and oxygen atoms in total. The smallest absolute Gasteiger partial charge is 0.226 e. The molecular formula is C17H18Cl2N2O. The van der Waals surface area contributed by atoms with Gasteiger partial charge in [-0.1, -0.05) is 42.3 Å². The Morgan fingerprint density at radius 2 is 1.82 bits per heavy atom. The average molecular weight is 337 g/mol. The van der Waals surface area contributed by atoms with Gasteiger partial charge in [0.05, 0.1) is 10.7 Å². The van der Waals surface area contributed by atoms with Gasteiger partial charge in [0.25, 0.3) is 0 Å². The van der Waals surface area contributed by atoms with E-state index in [1.54, 1.807) is 18.2 Å². The molecule has 0 aliphatic rings. The lowest BCUT2D eigenvalue weighted by Crippen LogP contribution is -2.16. The molecule has 0 saturated heterocycles. The minimum atomic E-state index is -0.109. The van der Waals surface area contributed by atoms with Crippen molar-refractivity contribution >= 4 is 40.5 Å². The van der Waals surface area contributed by atoms with Gasteiger partial charge >= 0.3 is 0 Å². The quantitative estimate of drug-likeness (QED) is 0.779. The summed E-state index contributed by atoms with van der Waals surface area (Å²) in [5.74, 6) is -0.109. The normalized spacial score (nSPS) is 10.3. The lowest BCUT2D eigenvalue weighted by Gasteiger charge is -2.09. The fraction of sp³-hybridized carbons (Fsp3) is 0.235. The van der Waals surface area contributed by atoms with E-state index >= 15 is 0 Å². The second-order valence-electron chi connectivity index (χ2n) is 4.90. The molecule has 2 N–H and O–H groups in total. The first-order valence-corrected chi connectivity index (χ1v) is 7.92. The monoisotopic (exact) mass is 336 g/mol. The molecule has 116 valence electrons. The summed E-state index contributed by atoms with van der Waals surface area (Å²) in [4.78, 5) is 11.9. The van der Waals surface area contributed by atoms with Gasteiger partial charge in [-0.3, -0.25) is 4.79 Å². The third kappa shape index (κ3) is 4.93. The van der Waals surface area contributed by atoms with Crippen LogP contribution < -0.4 is 10.6 Å². The highest BCUT2D eigenvalue weighted by Gasteiger charge is 2.06. The number of benzene rings is 2. The van der Waals surface area contributed by atoms with Crippen molar-refractivity contribution in [3.8, 4) is 0 Å². The van der Waals surface area contributed by atoms with Crippen LogP contribution in [-0.4, -0.2) is 12.5 Å². The molecule has 0 unspecified atom stereocenters. The van der Waals surface area contributed by atoms with Gasteiger partial charge in [0.1, 0.15) is 0 Å². The highest BCUT2D eigenvalue weighted by atomic mass is 35.5. The largest absolute Gasteiger partial charge is 0.385 e. The Bertz CT molecular complexity index is 642. The van der Waals surface area contributed by atoms with Crippen LogP contribution in [0.15, 0.2) is 42.5 Å². The Balaban J connectivity index is 1.81. The van der Waals surface area contributed by atoms with Crippen LogP contribution in [-0.2, 0) is 11.2 Å². The highest BCUT2D eigenvalue weighted by Crippen LogP contribution is 2.25. The zero-order chi connectivity index (χ0) is 15.9. The maximum absolute atomic E-state index is 11.9. The molecule has 5 heteroatoms. The average Bonchev–Trinajstić information content (AvgIpc) is 2.51. The van der Waals surface area contributed by atoms with Gasteiger partial charge in [-0.05, 0) is 42.3 Å². The van der Waals surface area contributed by atoms with Gasteiger partial charge in [0, 0.05) is 23.7 Å². The lowest BCUT2D eigenvalue weighted by atomic mass is 10.1. The van der Waals surface area contributed by atoms with E-state index in [0.29, 0.717) is 28.7 Å². The van der Waals surface area contributed by atoms with Crippen molar-refractivity contribution in [2.45, 2.75) is 19.8 Å². The van der Waals surface area contributed by atoms with Crippen LogP contribution in [0.4, 0.5) is 11.4 Å². The zero-order valence-electron chi connectivity index (χ0n) is 12.3. The summed E-state index contributed by atoms with van der Waals surface area (Å²) in [7, 11) is 0. The van der Waals surface area contributed by atoms with Crippen LogP contribution in [0, 0.1) is 0 Å². The SMILES string of the molecule is CCc1ccc(NCCC(=O)Nc2cc(Cl)ccc2Cl)cc1. The predicted octanol–water partition coefficient (Wildman–Crippen LogP) is 5.00. The topological polar surface area (TPSA) is 41.1 Å². The number of halogens is 2. The van der Waals surface area contributed by atoms with E-state index in [-0.39, 0.29) is 5.91 Å². The van der Waals surface area contributed by atoms with Crippen molar-refractivity contribution < 1.29 is 4.79 Å². The van der Waals surface area contributed by atoms with Gasteiger partial charge in [0.15, 0.2) is 0 Å². The second-order valence-corrected chi connectivity index (χ2v) is 5.74. The zero-order valence-corrected chi connectivity index (χ0v) is 13.8. The Morgan fingerprint density at radius 1 is 1.09 bits per heavy atom. The van der Waals surface area contributed by atoms with Crippen molar-refractivity contribution in [1.29, 1.82) is 0 Å². The molecule has 1 amide bonds. The van der Waals surface area contributed by atoms with Crippen molar-refractivity contribution in [3.63, 3.8) is 0 Å². The van der Waals surface area contributed by atoms with E-state index in [0.717, 1.165) is 12.1 Å². The van der Waals surface area contributed by atoms with E-state index in [2.05, 4.69) is 29.7 Å². The van der Waals surface area contributed by atoms with Crippen LogP contribution in [0.5, 0.6) is 0 Å². The minimum Gasteiger partial charge on any atom is -0.385 e. The molecule has 22 heavy (non-hydrogen) atoms. The summed E-state index contributed by atoms with van der Waals surface area (Å²) >= 11 is 11.9. The van der Waals surface area contributed by atoms with E-state index in [4.69, 9.17) is 23.2 Å². The molecule has 0 heterocycles. The number of nitrogens with one attached hydrogen (secondary N) is 2. The number of rotatable bonds is 6. The molecule has 2 aromatic rings. The molecule has 0 aliphatic heterocycles. The van der Waals surface area contributed by atoms with Crippen molar-refractivity contribution in [3.05, 3.63) is 58.1 Å². The number of hydrogen-bond acceptors (Lipinski definition) is 2. The number of aryl methyl sites for hydroxylation is 1. The van der Waals surface area contributed by atoms with Crippen molar-refractivity contribution in [2.24, 2.45) is 0 Å². The first-order valence-electron chi connectivity index (χ1n) is 7.16. The Labute approximate surface area is 140 Å². The first kappa shape index (κ1) is 16.7. The Kier molecular flexibility index (Phi) is 6.10. The van der Waals surface area contributed by atoms with E-state index in [1.165, 1.54) is 5.56 Å². The lowest BCUT2D eigenvalue weighted by molar-refractivity contribution is -0.115. The molecule has 0 spiro atoms. The summed E-state index contributed by atoms with van der Waals surface area (Å²) < 4.78 is 0. The summed E-state index contributed by atoms with van der Waals surface area (Å²) in [5, 5.41) is 6.99. The standard InChI is InChI=1S/C17H18Cl2N2O/c1-2-12-3-6-14(7-4-12)20-10-9-17(22)21-16-11-13(18)5-8-15(16)19/h3-8,11,20H,2,9-10H2,1H3,(H,21,22). The molecule has 2 rings (SSSR count). The summed E-state index contributed by atoms with van der Waals surface area (Å²) in [5.41, 5.74) is 2.83. The third-order valence-corrected chi connectivity index (χ3v) is 3.81. The molecule has 0 radical (unpaired) electrons. The molecule has 0 bridgehead atoms. The van der Waals surface area contributed by atoms with Crippen LogP contribution in [0.2, 0.25) is 10.0 Å². The first-order chi connectivity index (χ1) is 10.6. The van der Waals surface area contributed by atoms with Crippen molar-refractivity contribution in [1.82, 2.24) is 0 Å². The van der Waals surface area contributed by atoms with Crippen LogP contribution in [0.1, 0.15) is 18.9 Å². The van der Waals surface area contributed by atoms with Gasteiger partial charge < -0.3 is 10.6 Å². The summed E-state index contributed by atoms with van der Waals surface area (Å²) in [6.45, 7) is 2.67. The van der Waals surface area contributed by atoms with Gasteiger partial charge in [0.2, 0.25) is 5.91 Å². The maximum atomic E-state index is 11.9. The fourth-order valence-corrected chi connectivity index (χ4v) is 2.32. The fourth-order valence-electron chi connectivity index (χ4n) is 1.98. The molecule has 0 atom stereocenters. The van der Waals surface area contributed by atoms with E-state index < -0.39 is 0 Å². The molecule has 0 fully saturated rings. The van der Waals surface area contributed by atoms with Gasteiger partial charge in [-0.2, -0.15) is 0 Å². The minimum absolute atomic E-state index is 0.109. The molecule has 0 aromatic heterocycles. The second kappa shape index (κ2) is 8.06. The predicted molar refractivity (Wildman–Crippen MR) is 94.0 cm³/mol. The Hall–Kier alpha value is -1.71. The summed E-state index contributed by atoms with van der Waals surface area (Å²) in [6, 6.07) is 13.2. The number of carbonyl (C=O) groups is 1. The Morgan fingerprint density at radius 3 is 2.50 bits per heavy atom. The van der Waals surface area contributed by atoms with Crippen molar-refractivity contribution in [2.75, 3.05) is 17.2 Å². The number of amides is 1. The molecule has 2 aromatic carbocycles.